The van der Waals surface area contributed by atoms with Gasteiger partial charge in [0.05, 0.1) is 5.30 Å². The third kappa shape index (κ3) is 4.74. The normalized spacial score (nSPS) is 13.1. The van der Waals surface area contributed by atoms with Crippen molar-refractivity contribution in [3.63, 3.8) is 0 Å². The van der Waals surface area contributed by atoms with Crippen LogP contribution in [0.5, 0.6) is 0 Å². The van der Waals surface area contributed by atoms with E-state index in [1.54, 1.807) is 30.6 Å². The van der Waals surface area contributed by atoms with E-state index < -0.39 is 7.37 Å². The maximum absolute atomic E-state index is 14.4. The Balaban J connectivity index is 1.79. The molecule has 0 spiro atoms. The Morgan fingerprint density at radius 1 is 1.09 bits per heavy atom. The second-order valence-electron chi connectivity index (χ2n) is 7.98. The topological polar surface area (TPSA) is 84.1 Å². The van der Waals surface area contributed by atoms with Crippen molar-refractivity contribution in [2.45, 2.75) is 20.3 Å². The first-order valence-corrected chi connectivity index (χ1v) is 12.6. The van der Waals surface area contributed by atoms with Gasteiger partial charge in [-0.05, 0) is 68.3 Å². The summed E-state index contributed by atoms with van der Waals surface area (Å²) in [5.41, 5.74) is 3.86. The molecule has 2 N–H and O–H groups in total. The van der Waals surface area contributed by atoms with Gasteiger partial charge in [0.1, 0.15) is 5.69 Å². The molecule has 8 heteroatoms. The Hall–Kier alpha value is -2.92. The zero-order valence-electron chi connectivity index (χ0n) is 18.7. The molecule has 6 nitrogen and oxygen atoms in total. The van der Waals surface area contributed by atoms with Crippen LogP contribution in [0.4, 0.5) is 0 Å². The van der Waals surface area contributed by atoms with Crippen molar-refractivity contribution in [2.75, 3.05) is 13.7 Å². The van der Waals surface area contributed by atoms with E-state index in [-0.39, 0.29) is 11.6 Å². The van der Waals surface area contributed by atoms with Crippen molar-refractivity contribution in [1.29, 1.82) is 0 Å². The number of pyridine rings is 1. The third-order valence-electron chi connectivity index (χ3n) is 5.51. The molecule has 4 rings (SSSR count). The first-order chi connectivity index (χ1) is 15.8. The van der Waals surface area contributed by atoms with Gasteiger partial charge in [0.2, 0.25) is 0 Å². The fourth-order valence-corrected chi connectivity index (χ4v) is 6.55. The number of amides is 1. The van der Waals surface area contributed by atoms with Gasteiger partial charge in [0, 0.05) is 47.3 Å². The molecule has 0 aliphatic heterocycles. The van der Waals surface area contributed by atoms with E-state index in [0.29, 0.717) is 39.5 Å². The molecule has 2 aromatic heterocycles. The lowest BCUT2D eigenvalue weighted by atomic mass is 10.2. The Labute approximate surface area is 197 Å². The van der Waals surface area contributed by atoms with Crippen molar-refractivity contribution >= 4 is 46.4 Å². The van der Waals surface area contributed by atoms with Crippen molar-refractivity contribution in [3.8, 4) is 0 Å². The van der Waals surface area contributed by atoms with Gasteiger partial charge < -0.3 is 14.8 Å². The van der Waals surface area contributed by atoms with Gasteiger partial charge in [-0.15, -0.1) is 0 Å². The summed E-state index contributed by atoms with van der Waals surface area (Å²) < 4.78 is 20.1. The zero-order chi connectivity index (χ0) is 23.6. The summed E-state index contributed by atoms with van der Waals surface area (Å²) in [7, 11) is -2.21. The number of aromatic nitrogens is 2. The van der Waals surface area contributed by atoms with Gasteiger partial charge in [0.15, 0.2) is 0 Å². The van der Waals surface area contributed by atoms with Crippen LogP contribution in [0.2, 0.25) is 5.02 Å². The number of carbonyl (C=O) groups excluding carboxylic acids is 1. The lowest BCUT2D eigenvalue weighted by Gasteiger charge is -2.19. The van der Waals surface area contributed by atoms with E-state index in [1.807, 2.05) is 44.2 Å². The van der Waals surface area contributed by atoms with Crippen LogP contribution >= 0.6 is 19.0 Å². The Bertz CT molecular complexity index is 1350. The predicted octanol–water partition coefficient (Wildman–Crippen LogP) is 4.68. The standard InChI is InChI=1S/C25H25ClN3O3P/c1-16-12-17(2)14-20(13-16)33(31,32-3)24-21-15-19(26)4-5-22(21)29-23(24)25(30)28-11-8-18-6-9-27-10-7-18/h4-7,9-10,12-15,29H,8,11H2,1-3H3,(H,28,30). The smallest absolute Gasteiger partial charge is 0.268 e. The van der Waals surface area contributed by atoms with E-state index in [4.69, 9.17) is 16.1 Å². The van der Waals surface area contributed by atoms with Crippen molar-refractivity contribution in [3.05, 3.63) is 88.3 Å². The van der Waals surface area contributed by atoms with Crippen LogP contribution in [0.25, 0.3) is 10.9 Å². The minimum Gasteiger partial charge on any atom is -0.350 e. The molecule has 4 aromatic rings. The summed E-state index contributed by atoms with van der Waals surface area (Å²) >= 11 is 6.27. The maximum Gasteiger partial charge on any atom is 0.268 e. The number of aromatic amines is 1. The Morgan fingerprint density at radius 3 is 2.45 bits per heavy atom. The van der Waals surface area contributed by atoms with Crippen LogP contribution in [-0.4, -0.2) is 29.5 Å². The number of hydrogen-bond acceptors (Lipinski definition) is 4. The summed E-state index contributed by atoms with van der Waals surface area (Å²) in [5, 5.41) is 4.88. The lowest BCUT2D eigenvalue weighted by Crippen LogP contribution is -2.31. The molecule has 33 heavy (non-hydrogen) atoms. The number of H-pyrrole nitrogens is 1. The van der Waals surface area contributed by atoms with Gasteiger partial charge in [-0.2, -0.15) is 0 Å². The highest BCUT2D eigenvalue weighted by Crippen LogP contribution is 2.47. The highest BCUT2D eigenvalue weighted by molar-refractivity contribution is 7.75. The molecule has 1 unspecified atom stereocenters. The highest BCUT2D eigenvalue weighted by atomic mass is 35.5. The summed E-state index contributed by atoms with van der Waals surface area (Å²) in [6, 6.07) is 14.7. The number of benzene rings is 2. The average molecular weight is 482 g/mol. The second kappa shape index (κ2) is 9.52. The van der Waals surface area contributed by atoms with Crippen LogP contribution in [0.1, 0.15) is 27.2 Å². The molecule has 0 fully saturated rings. The molecule has 2 aromatic carbocycles. The van der Waals surface area contributed by atoms with Crippen LogP contribution in [0, 0.1) is 13.8 Å². The minimum atomic E-state index is -3.62. The van der Waals surface area contributed by atoms with Crippen LogP contribution in [-0.2, 0) is 15.5 Å². The average Bonchev–Trinajstić information content (AvgIpc) is 3.18. The van der Waals surface area contributed by atoms with Gasteiger partial charge in [0.25, 0.3) is 13.3 Å². The predicted molar refractivity (Wildman–Crippen MR) is 133 cm³/mol. The lowest BCUT2D eigenvalue weighted by molar-refractivity contribution is 0.0951. The van der Waals surface area contributed by atoms with Gasteiger partial charge >= 0.3 is 0 Å². The number of rotatable bonds is 7. The summed E-state index contributed by atoms with van der Waals surface area (Å²) in [6.07, 6.45) is 4.08. The maximum atomic E-state index is 14.4. The number of nitrogens with one attached hydrogen (secondary N) is 2. The largest absolute Gasteiger partial charge is 0.350 e. The monoisotopic (exact) mass is 481 g/mol. The molecule has 0 aliphatic rings. The highest BCUT2D eigenvalue weighted by Gasteiger charge is 2.36. The van der Waals surface area contributed by atoms with Crippen LogP contribution < -0.4 is 15.9 Å². The summed E-state index contributed by atoms with van der Waals surface area (Å²) in [6.45, 7) is 4.30. The number of halogens is 1. The van der Waals surface area contributed by atoms with E-state index >= 15 is 0 Å². The van der Waals surface area contributed by atoms with E-state index in [0.717, 1.165) is 16.7 Å². The number of fused-ring (bicyclic) bond motifs is 1. The molecule has 2 heterocycles. The zero-order valence-corrected chi connectivity index (χ0v) is 20.3. The Kier molecular flexibility index (Phi) is 6.71. The third-order valence-corrected chi connectivity index (χ3v) is 8.25. The van der Waals surface area contributed by atoms with E-state index in [2.05, 4.69) is 15.3 Å². The summed E-state index contributed by atoms with van der Waals surface area (Å²) in [5.74, 6) is -0.354. The van der Waals surface area contributed by atoms with Crippen LogP contribution in [0.3, 0.4) is 0 Å². The number of carbonyl (C=O) groups is 1. The van der Waals surface area contributed by atoms with Gasteiger partial charge in [-0.1, -0.05) is 28.8 Å². The first kappa shape index (κ1) is 23.2. The fraction of sp³-hybridized carbons (Fsp3) is 0.200. The molecule has 0 aliphatic carbocycles. The first-order valence-electron chi connectivity index (χ1n) is 10.6. The van der Waals surface area contributed by atoms with Crippen molar-refractivity contribution < 1.29 is 13.9 Å². The number of nitrogens with zero attached hydrogens (tertiary/aromatic N) is 1. The Morgan fingerprint density at radius 2 is 1.79 bits per heavy atom. The molecular formula is C25H25ClN3O3P. The molecule has 0 saturated heterocycles. The van der Waals surface area contributed by atoms with Crippen molar-refractivity contribution in [2.24, 2.45) is 0 Å². The SMILES string of the molecule is COP(=O)(c1cc(C)cc(C)c1)c1c(C(=O)NCCc2ccncc2)[nH]c2ccc(Cl)cc12. The van der Waals surface area contributed by atoms with Gasteiger partial charge in [-0.3, -0.25) is 14.3 Å². The van der Waals surface area contributed by atoms with Crippen LogP contribution in [0.15, 0.2) is 60.9 Å². The number of hydrogen-bond donors (Lipinski definition) is 2. The van der Waals surface area contributed by atoms with E-state index in [9.17, 15) is 9.36 Å². The molecule has 0 radical (unpaired) electrons. The van der Waals surface area contributed by atoms with Gasteiger partial charge in [-0.25, -0.2) is 0 Å². The molecule has 0 saturated carbocycles. The molecular weight excluding hydrogens is 457 g/mol. The van der Waals surface area contributed by atoms with E-state index in [1.165, 1.54) is 7.11 Å². The summed E-state index contributed by atoms with van der Waals surface area (Å²) in [4.78, 5) is 20.4. The number of aryl methyl sites for hydroxylation is 2. The minimum absolute atomic E-state index is 0.214. The molecule has 1 amide bonds. The van der Waals surface area contributed by atoms with Crippen molar-refractivity contribution in [1.82, 2.24) is 15.3 Å². The molecule has 1 atom stereocenters. The molecule has 0 bridgehead atoms. The fourth-order valence-electron chi connectivity index (χ4n) is 4.02. The molecule has 170 valence electrons. The quantitative estimate of drug-likeness (QED) is 0.375. The second-order valence-corrected chi connectivity index (χ2v) is 10.8.